The second-order valence-corrected chi connectivity index (χ2v) is 3.17. The summed E-state index contributed by atoms with van der Waals surface area (Å²) < 4.78 is 18.5. The van der Waals surface area contributed by atoms with E-state index < -0.39 is 7.82 Å². The molecule has 0 aliphatic carbocycles. The summed E-state index contributed by atoms with van der Waals surface area (Å²) in [6, 6.07) is 0. The van der Waals surface area contributed by atoms with Crippen molar-refractivity contribution in [2.24, 2.45) is 5.90 Å². The highest BCUT2D eigenvalue weighted by atomic mass is 31.2. The van der Waals surface area contributed by atoms with E-state index in [1.54, 1.807) is 0 Å². The molecule has 6 heteroatoms. The molecule has 1 atom stereocenters. The van der Waals surface area contributed by atoms with Gasteiger partial charge in [-0.1, -0.05) is 11.4 Å². The van der Waals surface area contributed by atoms with Crippen molar-refractivity contribution < 1.29 is 18.6 Å². The highest BCUT2D eigenvalue weighted by Crippen LogP contribution is 2.40. The van der Waals surface area contributed by atoms with Crippen LogP contribution in [0.5, 0.6) is 0 Å². The van der Waals surface area contributed by atoms with Crippen LogP contribution in [0, 0.1) is 0 Å². The Bertz CT molecular complexity index is 128. The smallest absolute Gasteiger partial charge is 0.255 e. The van der Waals surface area contributed by atoms with Gasteiger partial charge in [-0.05, 0) is 6.42 Å². The van der Waals surface area contributed by atoms with Crippen molar-refractivity contribution in [3.05, 3.63) is 0 Å². The van der Waals surface area contributed by atoms with Gasteiger partial charge in [0.25, 0.3) is 0 Å². The molecule has 1 unspecified atom stereocenters. The van der Waals surface area contributed by atoms with E-state index in [1.807, 2.05) is 6.92 Å². The SMILES string of the molecule is CCCC[O+]P(=O)(O)ON. The normalized spacial score (nSPS) is 16.7. The molecule has 0 saturated carbocycles. The minimum absolute atomic E-state index is 0.196. The first-order chi connectivity index (χ1) is 4.62. The summed E-state index contributed by atoms with van der Waals surface area (Å²) in [7, 11) is -3.93. The summed E-state index contributed by atoms with van der Waals surface area (Å²) in [6.45, 7) is 2.14. The van der Waals surface area contributed by atoms with Gasteiger partial charge in [0.1, 0.15) is 0 Å². The summed E-state index contributed by atoms with van der Waals surface area (Å²) >= 11 is 0. The zero-order valence-electron chi connectivity index (χ0n) is 5.82. The van der Waals surface area contributed by atoms with Crippen LogP contribution in [0.3, 0.4) is 0 Å². The molecule has 0 bridgehead atoms. The number of unbranched alkanes of at least 4 members (excludes halogenated alkanes) is 1. The van der Waals surface area contributed by atoms with Crippen molar-refractivity contribution in [2.75, 3.05) is 6.61 Å². The van der Waals surface area contributed by atoms with Crippen LogP contribution in [0.4, 0.5) is 0 Å². The molecule has 0 spiro atoms. The molecule has 0 aromatic rings. The van der Waals surface area contributed by atoms with Crippen LogP contribution < -0.4 is 5.90 Å². The fourth-order valence-corrected chi connectivity index (χ4v) is 0.775. The number of hydrogen-bond donors (Lipinski definition) is 2. The van der Waals surface area contributed by atoms with Crippen molar-refractivity contribution in [1.82, 2.24) is 0 Å². The third-order valence-electron chi connectivity index (χ3n) is 0.886. The molecular formula is C4H12NO4P+. The lowest BCUT2D eigenvalue weighted by Gasteiger charge is -1.92. The highest BCUT2D eigenvalue weighted by Gasteiger charge is 2.35. The van der Waals surface area contributed by atoms with E-state index in [1.165, 1.54) is 0 Å². The van der Waals surface area contributed by atoms with Gasteiger partial charge in [0.15, 0.2) is 0 Å². The Kier molecular flexibility index (Phi) is 4.85. The Balaban J connectivity index is 3.38. The van der Waals surface area contributed by atoms with Crippen LogP contribution in [0.2, 0.25) is 0 Å². The molecule has 10 heavy (non-hydrogen) atoms. The maximum Gasteiger partial charge on any atom is 0.723 e. The predicted octanol–water partition coefficient (Wildman–Crippen LogP) is 0.794. The van der Waals surface area contributed by atoms with Gasteiger partial charge in [0.2, 0.25) is 6.61 Å². The lowest BCUT2D eigenvalue weighted by atomic mass is 10.4. The fraction of sp³-hybridized carbons (Fsp3) is 1.00. The lowest BCUT2D eigenvalue weighted by Crippen LogP contribution is -2.00. The predicted molar refractivity (Wildman–Crippen MR) is 36.0 cm³/mol. The van der Waals surface area contributed by atoms with Crippen molar-refractivity contribution >= 4 is 7.82 Å². The Morgan fingerprint density at radius 1 is 1.80 bits per heavy atom. The van der Waals surface area contributed by atoms with Gasteiger partial charge in [-0.15, -0.1) is 0 Å². The number of phosphoric acid groups is 1. The van der Waals surface area contributed by atoms with Gasteiger partial charge < -0.3 is 0 Å². The molecule has 0 heterocycles. The molecule has 0 aromatic carbocycles. The molecule has 0 fully saturated rings. The zero-order chi connectivity index (χ0) is 8.04. The highest BCUT2D eigenvalue weighted by molar-refractivity contribution is 7.47. The number of nitrogens with two attached hydrogens (primary N) is 1. The van der Waals surface area contributed by atoms with Crippen molar-refractivity contribution in [1.29, 1.82) is 0 Å². The number of hydrogen-bond acceptors (Lipinski definition) is 4. The molecular weight excluding hydrogens is 157 g/mol. The maximum atomic E-state index is 10.4. The standard InChI is InChI=1S/C4H12NO4P/c1-2-3-4-8-10(6,7)9-5/h2-5H2,1H3,(H,6,7)/q+1. The van der Waals surface area contributed by atoms with Crippen molar-refractivity contribution in [3.63, 3.8) is 0 Å². The van der Waals surface area contributed by atoms with Gasteiger partial charge in [0.05, 0.1) is 0 Å². The Morgan fingerprint density at radius 3 is 2.80 bits per heavy atom. The molecule has 0 amide bonds. The molecule has 0 aliphatic heterocycles. The zero-order valence-corrected chi connectivity index (χ0v) is 6.71. The lowest BCUT2D eigenvalue weighted by molar-refractivity contribution is 0.149. The monoisotopic (exact) mass is 169 g/mol. The number of phosphoric ester groups is 1. The van der Waals surface area contributed by atoms with Gasteiger partial charge in [0, 0.05) is 6.42 Å². The third-order valence-corrected chi connectivity index (χ3v) is 1.66. The van der Waals surface area contributed by atoms with Crippen LogP contribution in [0.1, 0.15) is 19.8 Å². The van der Waals surface area contributed by atoms with Crippen LogP contribution in [0.15, 0.2) is 0 Å². The van der Waals surface area contributed by atoms with Gasteiger partial charge in [-0.3, -0.25) is 4.89 Å². The largest absolute Gasteiger partial charge is 0.723 e. The van der Waals surface area contributed by atoms with Crippen molar-refractivity contribution in [3.8, 4) is 0 Å². The first-order valence-electron chi connectivity index (χ1n) is 2.98. The quantitative estimate of drug-likeness (QED) is 0.275. The Labute approximate surface area is 59.7 Å². The summed E-state index contributed by atoms with van der Waals surface area (Å²) in [5.41, 5.74) is 0. The molecule has 0 rings (SSSR count). The average Bonchev–Trinajstić information content (AvgIpc) is 1.89. The Morgan fingerprint density at radius 2 is 2.40 bits per heavy atom. The summed E-state index contributed by atoms with van der Waals surface area (Å²) in [4.78, 5) is 8.54. The molecule has 61 valence electrons. The molecule has 5 nitrogen and oxygen atoms in total. The summed E-state index contributed by atoms with van der Waals surface area (Å²) in [5.74, 6) is 4.45. The van der Waals surface area contributed by atoms with E-state index in [9.17, 15) is 4.57 Å². The van der Waals surface area contributed by atoms with Crippen LogP contribution in [-0.4, -0.2) is 11.5 Å². The van der Waals surface area contributed by atoms with Crippen LogP contribution in [-0.2, 0) is 13.7 Å². The molecule has 0 aromatic heterocycles. The van der Waals surface area contributed by atoms with E-state index in [4.69, 9.17) is 4.89 Å². The topological polar surface area (TPSA) is 83.8 Å². The van der Waals surface area contributed by atoms with Gasteiger partial charge >= 0.3 is 7.82 Å². The van der Waals surface area contributed by atoms with E-state index in [-0.39, 0.29) is 6.61 Å². The summed E-state index contributed by atoms with van der Waals surface area (Å²) in [5, 5.41) is 0. The van der Waals surface area contributed by atoms with Crippen LogP contribution >= 0.6 is 7.82 Å². The van der Waals surface area contributed by atoms with Gasteiger partial charge in [-0.2, -0.15) is 9.19 Å². The minimum Gasteiger partial charge on any atom is -0.255 e. The van der Waals surface area contributed by atoms with Gasteiger partial charge in [-0.25, -0.2) is 5.90 Å². The number of rotatable bonds is 5. The Hall–Kier alpha value is 0.0700. The average molecular weight is 169 g/mol. The second-order valence-electron chi connectivity index (χ2n) is 1.76. The molecule has 0 saturated heterocycles. The van der Waals surface area contributed by atoms with Crippen LogP contribution in [0.25, 0.3) is 0 Å². The first kappa shape index (κ1) is 10.1. The summed E-state index contributed by atoms with van der Waals surface area (Å²) in [6.07, 6.45) is 1.61. The van der Waals surface area contributed by atoms with E-state index in [0.717, 1.165) is 6.42 Å². The molecule has 1 radical (unpaired) electrons. The minimum atomic E-state index is -3.93. The fourth-order valence-electron chi connectivity index (χ4n) is 0.355. The molecule has 3 N–H and O–H groups in total. The maximum absolute atomic E-state index is 10.4. The van der Waals surface area contributed by atoms with E-state index >= 15 is 0 Å². The first-order valence-corrected chi connectivity index (χ1v) is 4.47. The third kappa shape index (κ3) is 4.90. The van der Waals surface area contributed by atoms with E-state index in [0.29, 0.717) is 6.42 Å². The van der Waals surface area contributed by atoms with Crippen molar-refractivity contribution in [2.45, 2.75) is 19.8 Å². The van der Waals surface area contributed by atoms with E-state index in [2.05, 4.69) is 15.0 Å². The second kappa shape index (κ2) is 4.82. The molecule has 0 aliphatic rings.